The molecule has 0 amide bonds. The van der Waals surface area contributed by atoms with Crippen LogP contribution in [0.25, 0.3) is 0 Å². The molecule has 1 atom stereocenters. The summed E-state index contributed by atoms with van der Waals surface area (Å²) in [5, 5.41) is 0. The van der Waals surface area contributed by atoms with Crippen molar-refractivity contribution < 1.29 is 14.3 Å². The van der Waals surface area contributed by atoms with E-state index in [1.807, 2.05) is 20.8 Å². The molecular weight excluding hydrogens is 194 g/mol. The third-order valence-electron chi connectivity index (χ3n) is 2.36. The molecular formula is C11H23NO3. The summed E-state index contributed by atoms with van der Waals surface area (Å²) < 4.78 is 10.4. The molecule has 0 aromatic carbocycles. The molecule has 1 unspecified atom stereocenters. The average molecular weight is 217 g/mol. The first-order valence-corrected chi connectivity index (χ1v) is 5.35. The summed E-state index contributed by atoms with van der Waals surface area (Å²) in [5.74, 6) is -0.420. The predicted molar refractivity (Wildman–Crippen MR) is 59.5 cm³/mol. The molecule has 0 aromatic heterocycles. The molecule has 0 spiro atoms. The van der Waals surface area contributed by atoms with Crippen molar-refractivity contribution in [2.75, 3.05) is 13.2 Å². The summed E-state index contributed by atoms with van der Waals surface area (Å²) in [5.41, 5.74) is 4.48. The minimum Gasteiger partial charge on any atom is -0.465 e. The minimum atomic E-state index is -1.07. The van der Waals surface area contributed by atoms with Gasteiger partial charge in [-0.3, -0.25) is 0 Å². The van der Waals surface area contributed by atoms with Crippen molar-refractivity contribution in [1.29, 1.82) is 0 Å². The van der Waals surface area contributed by atoms with Crippen molar-refractivity contribution in [2.24, 2.45) is 5.73 Å². The van der Waals surface area contributed by atoms with Crippen LogP contribution in [0.5, 0.6) is 0 Å². The Balaban J connectivity index is 4.20. The molecule has 0 saturated carbocycles. The Morgan fingerprint density at radius 2 is 1.80 bits per heavy atom. The lowest BCUT2D eigenvalue weighted by atomic mass is 10.0. The Hall–Kier alpha value is -0.610. The Morgan fingerprint density at radius 3 is 2.20 bits per heavy atom. The van der Waals surface area contributed by atoms with Crippen molar-refractivity contribution >= 4 is 5.97 Å². The van der Waals surface area contributed by atoms with Gasteiger partial charge >= 0.3 is 5.97 Å². The van der Waals surface area contributed by atoms with Gasteiger partial charge in [0.25, 0.3) is 0 Å². The van der Waals surface area contributed by atoms with E-state index in [4.69, 9.17) is 15.2 Å². The van der Waals surface area contributed by atoms with Gasteiger partial charge in [-0.05, 0) is 34.1 Å². The summed E-state index contributed by atoms with van der Waals surface area (Å²) in [7, 11) is 0. The molecule has 0 aromatic rings. The summed E-state index contributed by atoms with van der Waals surface area (Å²) in [6.07, 6.45) is 0.867. The quantitative estimate of drug-likeness (QED) is 0.684. The predicted octanol–water partition coefficient (Wildman–Crippen LogP) is 1.47. The maximum atomic E-state index is 11.4. The molecule has 0 heterocycles. The van der Waals surface area contributed by atoms with Gasteiger partial charge in [-0.15, -0.1) is 0 Å². The van der Waals surface area contributed by atoms with Crippen LogP contribution < -0.4 is 5.73 Å². The molecule has 0 aliphatic heterocycles. The Bertz CT molecular complexity index is 212. The SMILES string of the molecule is CCOC(=O)C(C)(N)COC(C)(C)CC. The lowest BCUT2D eigenvalue weighted by molar-refractivity contribution is -0.154. The first-order chi connectivity index (χ1) is 6.75. The van der Waals surface area contributed by atoms with E-state index < -0.39 is 11.5 Å². The third kappa shape index (κ3) is 5.14. The van der Waals surface area contributed by atoms with Crippen LogP contribution in [-0.4, -0.2) is 30.3 Å². The molecule has 0 rings (SSSR count). The number of carbonyl (C=O) groups excluding carboxylic acids is 1. The van der Waals surface area contributed by atoms with E-state index in [9.17, 15) is 4.79 Å². The Kier molecular flexibility index (Phi) is 5.24. The van der Waals surface area contributed by atoms with Gasteiger partial charge in [-0.25, -0.2) is 4.79 Å². The van der Waals surface area contributed by atoms with Gasteiger partial charge in [0.05, 0.1) is 18.8 Å². The summed E-state index contributed by atoms with van der Waals surface area (Å²) in [6, 6.07) is 0. The highest BCUT2D eigenvalue weighted by Crippen LogP contribution is 2.16. The van der Waals surface area contributed by atoms with Gasteiger partial charge in [0.2, 0.25) is 0 Å². The Morgan fingerprint density at radius 1 is 1.27 bits per heavy atom. The number of carbonyl (C=O) groups is 1. The van der Waals surface area contributed by atoms with Crippen LogP contribution in [-0.2, 0) is 14.3 Å². The van der Waals surface area contributed by atoms with E-state index in [1.54, 1.807) is 13.8 Å². The summed E-state index contributed by atoms with van der Waals surface area (Å²) in [6.45, 7) is 9.84. The number of hydrogen-bond donors (Lipinski definition) is 1. The largest absolute Gasteiger partial charge is 0.465 e. The summed E-state index contributed by atoms with van der Waals surface area (Å²) >= 11 is 0. The van der Waals surface area contributed by atoms with Gasteiger partial charge in [-0.2, -0.15) is 0 Å². The molecule has 0 bridgehead atoms. The minimum absolute atomic E-state index is 0.173. The van der Waals surface area contributed by atoms with E-state index >= 15 is 0 Å². The number of ether oxygens (including phenoxy) is 2. The zero-order valence-corrected chi connectivity index (χ0v) is 10.4. The van der Waals surface area contributed by atoms with Crippen molar-refractivity contribution in [3.8, 4) is 0 Å². The molecule has 15 heavy (non-hydrogen) atoms. The normalized spacial score (nSPS) is 15.9. The highest BCUT2D eigenvalue weighted by molar-refractivity contribution is 5.80. The van der Waals surface area contributed by atoms with E-state index in [0.717, 1.165) is 6.42 Å². The molecule has 0 fully saturated rings. The molecule has 0 saturated heterocycles. The number of rotatable bonds is 6. The van der Waals surface area contributed by atoms with Gasteiger partial charge < -0.3 is 15.2 Å². The van der Waals surface area contributed by atoms with Crippen LogP contribution in [0.1, 0.15) is 41.0 Å². The van der Waals surface area contributed by atoms with E-state index in [-0.39, 0.29) is 12.2 Å². The monoisotopic (exact) mass is 217 g/mol. The zero-order chi connectivity index (χ0) is 12.1. The standard InChI is InChI=1S/C11H23NO3/c1-6-10(3,4)15-8-11(5,12)9(13)14-7-2/h6-8,12H2,1-5H3. The first kappa shape index (κ1) is 14.4. The van der Waals surface area contributed by atoms with Crippen LogP contribution in [0, 0.1) is 0 Å². The number of nitrogens with two attached hydrogens (primary N) is 1. The van der Waals surface area contributed by atoms with Crippen LogP contribution in [0.3, 0.4) is 0 Å². The highest BCUT2D eigenvalue weighted by atomic mass is 16.5. The second-order valence-electron chi connectivity index (χ2n) is 4.54. The third-order valence-corrected chi connectivity index (χ3v) is 2.36. The van der Waals surface area contributed by atoms with E-state index in [1.165, 1.54) is 0 Å². The number of hydrogen-bond acceptors (Lipinski definition) is 4. The fourth-order valence-electron chi connectivity index (χ4n) is 0.802. The Labute approximate surface area is 92.1 Å². The fraction of sp³-hybridized carbons (Fsp3) is 0.909. The fourth-order valence-corrected chi connectivity index (χ4v) is 0.802. The number of esters is 1. The molecule has 4 nitrogen and oxygen atoms in total. The van der Waals surface area contributed by atoms with Gasteiger partial charge in [-0.1, -0.05) is 6.92 Å². The van der Waals surface area contributed by atoms with Crippen molar-refractivity contribution in [1.82, 2.24) is 0 Å². The van der Waals surface area contributed by atoms with Crippen molar-refractivity contribution in [2.45, 2.75) is 52.2 Å². The van der Waals surface area contributed by atoms with Crippen LogP contribution >= 0.6 is 0 Å². The van der Waals surface area contributed by atoms with Crippen LogP contribution in [0.2, 0.25) is 0 Å². The first-order valence-electron chi connectivity index (χ1n) is 5.35. The van der Waals surface area contributed by atoms with Gasteiger partial charge in [0, 0.05) is 0 Å². The topological polar surface area (TPSA) is 61.5 Å². The van der Waals surface area contributed by atoms with E-state index in [0.29, 0.717) is 6.61 Å². The molecule has 0 aliphatic rings. The summed E-state index contributed by atoms with van der Waals surface area (Å²) in [4.78, 5) is 11.4. The lowest BCUT2D eigenvalue weighted by Crippen LogP contribution is -2.51. The van der Waals surface area contributed by atoms with Gasteiger partial charge in [0.1, 0.15) is 5.54 Å². The van der Waals surface area contributed by atoms with Crippen molar-refractivity contribution in [3.63, 3.8) is 0 Å². The second kappa shape index (κ2) is 5.47. The van der Waals surface area contributed by atoms with Crippen LogP contribution in [0.4, 0.5) is 0 Å². The molecule has 0 aliphatic carbocycles. The lowest BCUT2D eigenvalue weighted by Gasteiger charge is -2.29. The zero-order valence-electron chi connectivity index (χ0n) is 10.4. The maximum absolute atomic E-state index is 11.4. The molecule has 2 N–H and O–H groups in total. The van der Waals surface area contributed by atoms with Crippen LogP contribution in [0.15, 0.2) is 0 Å². The highest BCUT2D eigenvalue weighted by Gasteiger charge is 2.32. The molecule has 0 radical (unpaired) electrons. The van der Waals surface area contributed by atoms with Crippen molar-refractivity contribution in [3.05, 3.63) is 0 Å². The van der Waals surface area contributed by atoms with Gasteiger partial charge in [0.15, 0.2) is 0 Å². The smallest absolute Gasteiger partial charge is 0.328 e. The molecule has 90 valence electrons. The second-order valence-corrected chi connectivity index (χ2v) is 4.54. The molecule has 4 heteroatoms. The average Bonchev–Trinajstić information content (AvgIpc) is 2.16. The maximum Gasteiger partial charge on any atom is 0.328 e. The van der Waals surface area contributed by atoms with E-state index in [2.05, 4.69) is 0 Å².